The molecule has 0 radical (unpaired) electrons. The molecule has 0 bridgehead atoms. The predicted molar refractivity (Wildman–Crippen MR) is 67.2 cm³/mol. The largest absolute Gasteiger partial charge is 0.477 e. The summed E-state index contributed by atoms with van der Waals surface area (Å²) in [6.07, 6.45) is -0.126. The van der Waals surface area contributed by atoms with Gasteiger partial charge in [-0.1, -0.05) is 18.5 Å². The van der Waals surface area contributed by atoms with Crippen LogP contribution in [-0.4, -0.2) is 18.7 Å². The van der Waals surface area contributed by atoms with Crippen LogP contribution in [0.2, 0.25) is 5.02 Å². The van der Waals surface area contributed by atoms with Crippen molar-refractivity contribution in [2.45, 2.75) is 26.4 Å². The first-order valence-electron chi connectivity index (χ1n) is 5.46. The van der Waals surface area contributed by atoms with Gasteiger partial charge in [0.1, 0.15) is 5.75 Å². The van der Waals surface area contributed by atoms with Gasteiger partial charge in [0.2, 0.25) is 0 Å². The monoisotopic (exact) mass is 257 g/mol. The van der Waals surface area contributed by atoms with Crippen LogP contribution >= 0.6 is 11.6 Å². The normalized spacial score (nSPS) is 11.9. The third kappa shape index (κ3) is 3.82. The second kappa shape index (κ2) is 6.35. The lowest BCUT2D eigenvalue weighted by Gasteiger charge is -2.17. The number of hydrogen-bond donors (Lipinski definition) is 1. The molecular formula is C12H16ClNO3. The number of esters is 1. The first-order chi connectivity index (χ1) is 8.08. The zero-order valence-electron chi connectivity index (χ0n) is 9.90. The standard InChI is InChI=1S/C12H16ClNO3/c1-3-10(12(15)16-4-2)17-11-6-5-8(13)7-9(11)14/h5-7,10H,3-4,14H2,1-2H3. The summed E-state index contributed by atoms with van der Waals surface area (Å²) in [7, 11) is 0. The van der Waals surface area contributed by atoms with Gasteiger partial charge in [0, 0.05) is 5.02 Å². The van der Waals surface area contributed by atoms with Gasteiger partial charge in [-0.05, 0) is 31.5 Å². The predicted octanol–water partition coefficient (Wildman–Crippen LogP) is 2.64. The Kier molecular flexibility index (Phi) is 5.10. The van der Waals surface area contributed by atoms with Crippen molar-refractivity contribution in [3.63, 3.8) is 0 Å². The van der Waals surface area contributed by atoms with E-state index < -0.39 is 6.10 Å². The number of hydrogen-bond acceptors (Lipinski definition) is 4. The molecule has 0 aromatic heterocycles. The first-order valence-corrected chi connectivity index (χ1v) is 5.84. The van der Waals surface area contributed by atoms with Gasteiger partial charge < -0.3 is 15.2 Å². The summed E-state index contributed by atoms with van der Waals surface area (Å²) in [5, 5.41) is 0.527. The molecule has 0 fully saturated rings. The Hall–Kier alpha value is -1.42. The van der Waals surface area contributed by atoms with E-state index in [1.807, 2.05) is 6.92 Å². The highest BCUT2D eigenvalue weighted by Gasteiger charge is 2.20. The van der Waals surface area contributed by atoms with Crippen molar-refractivity contribution in [1.29, 1.82) is 0 Å². The SMILES string of the molecule is CCOC(=O)C(CC)Oc1ccc(Cl)cc1N. The molecule has 0 saturated heterocycles. The van der Waals surface area contributed by atoms with Crippen LogP contribution in [0.1, 0.15) is 20.3 Å². The van der Waals surface area contributed by atoms with Crippen molar-refractivity contribution in [1.82, 2.24) is 0 Å². The average molecular weight is 258 g/mol. The number of rotatable bonds is 5. The lowest BCUT2D eigenvalue weighted by molar-refractivity contribution is -0.151. The van der Waals surface area contributed by atoms with Gasteiger partial charge in [0.25, 0.3) is 0 Å². The van der Waals surface area contributed by atoms with Crippen molar-refractivity contribution in [3.8, 4) is 5.75 Å². The lowest BCUT2D eigenvalue weighted by atomic mass is 10.2. The van der Waals surface area contributed by atoms with E-state index in [9.17, 15) is 4.79 Å². The topological polar surface area (TPSA) is 61.5 Å². The zero-order valence-corrected chi connectivity index (χ0v) is 10.7. The van der Waals surface area contributed by atoms with Crippen LogP contribution in [0.5, 0.6) is 5.75 Å². The Bertz CT molecular complexity index is 395. The van der Waals surface area contributed by atoms with E-state index in [1.165, 1.54) is 0 Å². The Labute approximate surface area is 106 Å². The number of carbonyl (C=O) groups excluding carboxylic acids is 1. The number of benzene rings is 1. The highest BCUT2D eigenvalue weighted by atomic mass is 35.5. The third-order valence-electron chi connectivity index (χ3n) is 2.16. The van der Waals surface area contributed by atoms with E-state index in [0.717, 1.165) is 0 Å². The summed E-state index contributed by atoms with van der Waals surface area (Å²) < 4.78 is 10.4. The first kappa shape index (κ1) is 13.6. The maximum Gasteiger partial charge on any atom is 0.347 e. The van der Waals surface area contributed by atoms with Crippen molar-refractivity contribution in [3.05, 3.63) is 23.2 Å². The van der Waals surface area contributed by atoms with Gasteiger partial charge in [0.15, 0.2) is 6.10 Å². The molecule has 1 aromatic carbocycles. The molecule has 0 saturated carbocycles. The maximum atomic E-state index is 11.5. The molecule has 0 amide bonds. The third-order valence-corrected chi connectivity index (χ3v) is 2.40. The summed E-state index contributed by atoms with van der Waals surface area (Å²) in [6, 6.07) is 4.87. The summed E-state index contributed by atoms with van der Waals surface area (Å²) in [5.74, 6) is 0.0543. The fraction of sp³-hybridized carbons (Fsp3) is 0.417. The van der Waals surface area contributed by atoms with Crippen molar-refractivity contribution >= 4 is 23.3 Å². The fourth-order valence-electron chi connectivity index (χ4n) is 1.31. The van der Waals surface area contributed by atoms with Gasteiger partial charge in [-0.3, -0.25) is 0 Å². The molecule has 4 nitrogen and oxygen atoms in total. The molecule has 94 valence electrons. The molecular weight excluding hydrogens is 242 g/mol. The van der Waals surface area contributed by atoms with Crippen molar-refractivity contribution in [2.75, 3.05) is 12.3 Å². The van der Waals surface area contributed by atoms with E-state index in [4.69, 9.17) is 26.8 Å². The van der Waals surface area contributed by atoms with Crippen LogP contribution in [0.3, 0.4) is 0 Å². The van der Waals surface area contributed by atoms with E-state index >= 15 is 0 Å². The highest BCUT2D eigenvalue weighted by molar-refractivity contribution is 6.30. The Morgan fingerprint density at radius 1 is 1.47 bits per heavy atom. The van der Waals surface area contributed by atoms with Gasteiger partial charge in [-0.15, -0.1) is 0 Å². The summed E-state index contributed by atoms with van der Waals surface area (Å²) >= 11 is 5.77. The van der Waals surface area contributed by atoms with E-state index in [1.54, 1.807) is 25.1 Å². The molecule has 2 N–H and O–H groups in total. The van der Waals surface area contributed by atoms with Crippen LogP contribution in [-0.2, 0) is 9.53 Å². The van der Waals surface area contributed by atoms with Crippen LogP contribution in [0.15, 0.2) is 18.2 Å². The van der Waals surface area contributed by atoms with Crippen LogP contribution in [0, 0.1) is 0 Å². The molecule has 0 aliphatic heterocycles. The summed E-state index contributed by atoms with van der Waals surface area (Å²) in [6.45, 7) is 3.92. The van der Waals surface area contributed by atoms with E-state index in [2.05, 4.69) is 0 Å². The average Bonchev–Trinajstić information content (AvgIpc) is 2.28. The zero-order chi connectivity index (χ0) is 12.8. The second-order valence-electron chi connectivity index (χ2n) is 3.45. The van der Waals surface area contributed by atoms with Gasteiger partial charge in [0.05, 0.1) is 12.3 Å². The van der Waals surface area contributed by atoms with E-state index in [0.29, 0.717) is 29.5 Å². The molecule has 0 heterocycles. The number of ether oxygens (including phenoxy) is 2. The minimum Gasteiger partial charge on any atom is -0.477 e. The smallest absolute Gasteiger partial charge is 0.347 e. The Morgan fingerprint density at radius 3 is 2.71 bits per heavy atom. The molecule has 1 unspecified atom stereocenters. The fourth-order valence-corrected chi connectivity index (χ4v) is 1.49. The molecule has 1 rings (SSSR count). The van der Waals surface area contributed by atoms with Crippen LogP contribution in [0.25, 0.3) is 0 Å². The van der Waals surface area contributed by atoms with Gasteiger partial charge in [-0.2, -0.15) is 0 Å². The minimum atomic E-state index is -0.640. The lowest BCUT2D eigenvalue weighted by Crippen LogP contribution is -2.28. The van der Waals surface area contributed by atoms with Crippen LogP contribution < -0.4 is 10.5 Å². The van der Waals surface area contributed by atoms with Crippen molar-refractivity contribution < 1.29 is 14.3 Å². The molecule has 0 spiro atoms. The molecule has 5 heteroatoms. The molecule has 0 aliphatic rings. The minimum absolute atomic E-state index is 0.328. The number of halogens is 1. The maximum absolute atomic E-state index is 11.5. The molecule has 17 heavy (non-hydrogen) atoms. The second-order valence-corrected chi connectivity index (χ2v) is 3.89. The van der Waals surface area contributed by atoms with Gasteiger partial charge >= 0.3 is 5.97 Å². The quantitative estimate of drug-likeness (QED) is 0.651. The number of anilines is 1. The molecule has 0 aliphatic carbocycles. The van der Waals surface area contributed by atoms with Gasteiger partial charge in [-0.25, -0.2) is 4.79 Å². The number of nitrogen functional groups attached to an aromatic ring is 1. The number of nitrogens with two attached hydrogens (primary N) is 1. The Balaban J connectivity index is 2.77. The summed E-state index contributed by atoms with van der Waals surface area (Å²) in [4.78, 5) is 11.5. The highest BCUT2D eigenvalue weighted by Crippen LogP contribution is 2.26. The molecule has 1 atom stereocenters. The molecule has 1 aromatic rings. The summed E-state index contributed by atoms with van der Waals surface area (Å²) in [5.41, 5.74) is 6.14. The van der Waals surface area contributed by atoms with Crippen LogP contribution in [0.4, 0.5) is 5.69 Å². The van der Waals surface area contributed by atoms with Crippen molar-refractivity contribution in [2.24, 2.45) is 0 Å². The van der Waals surface area contributed by atoms with E-state index in [-0.39, 0.29) is 5.97 Å². The Morgan fingerprint density at radius 2 is 2.18 bits per heavy atom. The number of carbonyl (C=O) groups is 1.